The van der Waals surface area contributed by atoms with Gasteiger partial charge in [-0.1, -0.05) is 60.7 Å². The number of unbranched alkanes of at least 4 members (excludes halogenated alkanes) is 2. The number of thioether (sulfide) groups is 1. The standard InChI is InChI=1S/C33H32O8S/c1-2-3-4-14-21-42-33-29(41-32(37)25-19-12-7-13-20-25)28(40-31(36)24-17-10-6-11-18-24)27(26(22-34)38-33)39-30(35)23-15-8-5-9-16-23/h2,5-13,15-20,22,26-29,33H,1,3-4,14,21H2/t26-,27+,28+,29-,33-/m1/s1. The first-order chi connectivity index (χ1) is 20.5. The van der Waals surface area contributed by atoms with Crippen LogP contribution in [0.2, 0.25) is 0 Å². The van der Waals surface area contributed by atoms with Crippen molar-refractivity contribution in [1.29, 1.82) is 0 Å². The summed E-state index contributed by atoms with van der Waals surface area (Å²) in [6, 6.07) is 24.8. The highest BCUT2D eigenvalue weighted by atomic mass is 32.2. The van der Waals surface area contributed by atoms with Crippen molar-refractivity contribution in [3.63, 3.8) is 0 Å². The van der Waals surface area contributed by atoms with E-state index < -0.39 is 47.8 Å². The summed E-state index contributed by atoms with van der Waals surface area (Å²) in [6.45, 7) is 3.74. The molecule has 1 aliphatic heterocycles. The molecular weight excluding hydrogens is 556 g/mol. The van der Waals surface area contributed by atoms with Crippen LogP contribution in [-0.2, 0) is 23.7 Å². The molecule has 0 aromatic heterocycles. The number of hydrogen-bond donors (Lipinski definition) is 0. The molecule has 5 atom stereocenters. The first kappa shape index (κ1) is 30.7. The van der Waals surface area contributed by atoms with Gasteiger partial charge in [0.25, 0.3) is 0 Å². The lowest BCUT2D eigenvalue weighted by Gasteiger charge is -2.43. The molecule has 8 nitrogen and oxygen atoms in total. The molecule has 1 heterocycles. The average Bonchev–Trinajstić information content (AvgIpc) is 3.04. The Labute approximate surface area is 249 Å². The van der Waals surface area contributed by atoms with Gasteiger partial charge in [-0.2, -0.15) is 0 Å². The van der Waals surface area contributed by atoms with Crippen LogP contribution in [0.5, 0.6) is 0 Å². The third-order valence-corrected chi connectivity index (χ3v) is 7.74. The second kappa shape index (κ2) is 15.7. The number of ether oxygens (including phenoxy) is 4. The van der Waals surface area contributed by atoms with E-state index in [0.29, 0.717) is 12.0 Å². The van der Waals surface area contributed by atoms with Gasteiger partial charge in [0.05, 0.1) is 16.7 Å². The smallest absolute Gasteiger partial charge is 0.338 e. The van der Waals surface area contributed by atoms with E-state index in [-0.39, 0.29) is 16.7 Å². The number of carbonyl (C=O) groups excluding carboxylic acids is 4. The fourth-order valence-electron chi connectivity index (χ4n) is 4.36. The molecule has 0 radical (unpaired) electrons. The number of rotatable bonds is 13. The van der Waals surface area contributed by atoms with Gasteiger partial charge >= 0.3 is 17.9 Å². The van der Waals surface area contributed by atoms with E-state index in [0.717, 1.165) is 19.3 Å². The summed E-state index contributed by atoms with van der Waals surface area (Å²) < 4.78 is 23.7. The lowest BCUT2D eigenvalue weighted by atomic mass is 9.99. The molecule has 42 heavy (non-hydrogen) atoms. The molecular formula is C33H32O8S. The highest BCUT2D eigenvalue weighted by Crippen LogP contribution is 2.35. The summed E-state index contributed by atoms with van der Waals surface area (Å²) in [7, 11) is 0. The molecule has 0 unspecified atom stereocenters. The lowest BCUT2D eigenvalue weighted by Crippen LogP contribution is -2.61. The third-order valence-electron chi connectivity index (χ3n) is 6.51. The first-order valence-corrected chi connectivity index (χ1v) is 14.7. The Kier molecular flexibility index (Phi) is 11.5. The van der Waals surface area contributed by atoms with Gasteiger partial charge in [0.15, 0.2) is 30.7 Å². The second-order valence-electron chi connectivity index (χ2n) is 9.47. The van der Waals surface area contributed by atoms with Crippen LogP contribution in [0, 0.1) is 0 Å². The molecule has 9 heteroatoms. The fraction of sp³-hybridized carbons (Fsp3) is 0.273. The van der Waals surface area contributed by atoms with Gasteiger partial charge in [-0.15, -0.1) is 18.3 Å². The van der Waals surface area contributed by atoms with Crippen molar-refractivity contribution in [2.75, 3.05) is 5.75 Å². The first-order valence-electron chi connectivity index (χ1n) is 13.6. The lowest BCUT2D eigenvalue weighted by molar-refractivity contribution is -0.195. The molecule has 0 aliphatic carbocycles. The van der Waals surface area contributed by atoms with Crippen molar-refractivity contribution < 1.29 is 38.1 Å². The third kappa shape index (κ3) is 8.18. The Morgan fingerprint density at radius 3 is 1.60 bits per heavy atom. The zero-order valence-electron chi connectivity index (χ0n) is 22.9. The molecule has 3 aromatic rings. The molecule has 218 valence electrons. The van der Waals surface area contributed by atoms with Crippen LogP contribution < -0.4 is 0 Å². The summed E-state index contributed by atoms with van der Waals surface area (Å²) in [4.78, 5) is 52.0. The minimum atomic E-state index is -1.39. The maximum Gasteiger partial charge on any atom is 0.338 e. The molecule has 0 amide bonds. The second-order valence-corrected chi connectivity index (χ2v) is 10.7. The number of carbonyl (C=O) groups is 4. The molecule has 3 aromatic carbocycles. The van der Waals surface area contributed by atoms with Gasteiger partial charge in [-0.25, -0.2) is 14.4 Å². The molecule has 1 fully saturated rings. The number of allylic oxidation sites excluding steroid dienone is 1. The number of esters is 3. The highest BCUT2D eigenvalue weighted by Gasteiger charge is 2.52. The number of benzene rings is 3. The maximum atomic E-state index is 13.3. The van der Waals surface area contributed by atoms with E-state index in [1.165, 1.54) is 11.8 Å². The normalized spacial score (nSPS) is 21.5. The summed E-state index contributed by atoms with van der Waals surface area (Å²) >= 11 is 1.33. The van der Waals surface area contributed by atoms with Crippen molar-refractivity contribution >= 4 is 36.0 Å². The topological polar surface area (TPSA) is 105 Å². The molecule has 4 rings (SSSR count). The number of aldehydes is 1. The van der Waals surface area contributed by atoms with E-state index in [9.17, 15) is 19.2 Å². The summed E-state index contributed by atoms with van der Waals surface area (Å²) in [5.74, 6) is -1.55. The Morgan fingerprint density at radius 1 is 0.690 bits per heavy atom. The quantitative estimate of drug-likeness (QED) is 0.0820. The molecule has 1 aliphatic rings. The minimum Gasteiger partial charge on any atom is -0.451 e. The van der Waals surface area contributed by atoms with Gasteiger partial charge in [-0.05, 0) is 61.4 Å². The fourth-order valence-corrected chi connectivity index (χ4v) is 5.57. The van der Waals surface area contributed by atoms with Gasteiger partial charge in [0.1, 0.15) is 5.44 Å². The van der Waals surface area contributed by atoms with Crippen LogP contribution in [0.3, 0.4) is 0 Å². The Morgan fingerprint density at radius 2 is 1.14 bits per heavy atom. The predicted molar refractivity (Wildman–Crippen MR) is 158 cm³/mol. The molecule has 0 spiro atoms. The van der Waals surface area contributed by atoms with Crippen molar-refractivity contribution in [2.24, 2.45) is 0 Å². The van der Waals surface area contributed by atoms with Crippen molar-refractivity contribution in [3.8, 4) is 0 Å². The highest BCUT2D eigenvalue weighted by molar-refractivity contribution is 7.99. The van der Waals surface area contributed by atoms with Crippen LogP contribution in [0.4, 0.5) is 0 Å². The average molecular weight is 589 g/mol. The van der Waals surface area contributed by atoms with E-state index >= 15 is 0 Å². The zero-order valence-corrected chi connectivity index (χ0v) is 23.7. The minimum absolute atomic E-state index is 0.229. The summed E-state index contributed by atoms with van der Waals surface area (Å²) in [5.41, 5.74) is -0.152. The zero-order chi connectivity index (χ0) is 29.7. The largest absolute Gasteiger partial charge is 0.451 e. The molecule has 0 N–H and O–H groups in total. The van der Waals surface area contributed by atoms with Crippen molar-refractivity contribution in [3.05, 3.63) is 120 Å². The van der Waals surface area contributed by atoms with Crippen LogP contribution in [0.25, 0.3) is 0 Å². The number of hydrogen-bond acceptors (Lipinski definition) is 9. The van der Waals surface area contributed by atoms with Gasteiger partial charge in [-0.3, -0.25) is 0 Å². The van der Waals surface area contributed by atoms with E-state index in [4.69, 9.17) is 18.9 Å². The summed E-state index contributed by atoms with van der Waals surface area (Å²) in [6.07, 6.45) is -0.373. The van der Waals surface area contributed by atoms with Gasteiger partial charge in [0.2, 0.25) is 0 Å². The molecule has 0 bridgehead atoms. The SMILES string of the molecule is C=CCCCCS[C@H]1O[C@H](C=O)[C@H](OC(=O)c2ccccc2)[C@H](OC(=O)c2ccccc2)[C@H]1OC(=O)c1ccccc1. The van der Waals surface area contributed by atoms with Gasteiger partial charge < -0.3 is 23.7 Å². The van der Waals surface area contributed by atoms with Crippen LogP contribution in [0.1, 0.15) is 50.3 Å². The summed E-state index contributed by atoms with van der Waals surface area (Å²) in [5, 5.41) is 0. The van der Waals surface area contributed by atoms with Crippen molar-refractivity contribution in [2.45, 2.75) is 49.1 Å². The van der Waals surface area contributed by atoms with Crippen LogP contribution in [0.15, 0.2) is 104 Å². The van der Waals surface area contributed by atoms with Crippen LogP contribution >= 0.6 is 11.8 Å². The Balaban J connectivity index is 1.69. The van der Waals surface area contributed by atoms with E-state index in [1.54, 1.807) is 91.0 Å². The van der Waals surface area contributed by atoms with Crippen molar-refractivity contribution in [1.82, 2.24) is 0 Å². The Hall–Kier alpha value is -4.21. The van der Waals surface area contributed by atoms with Crippen LogP contribution in [-0.4, -0.2) is 59.8 Å². The monoisotopic (exact) mass is 588 g/mol. The Bertz CT molecular complexity index is 1330. The van der Waals surface area contributed by atoms with E-state index in [1.807, 2.05) is 6.08 Å². The molecule has 1 saturated heterocycles. The predicted octanol–water partition coefficient (Wildman–Crippen LogP) is 5.68. The molecule has 0 saturated carbocycles. The van der Waals surface area contributed by atoms with Gasteiger partial charge in [0, 0.05) is 0 Å². The van der Waals surface area contributed by atoms with E-state index in [2.05, 4.69) is 6.58 Å². The maximum absolute atomic E-state index is 13.3.